The van der Waals surface area contributed by atoms with Gasteiger partial charge in [-0.2, -0.15) is 5.26 Å². The van der Waals surface area contributed by atoms with E-state index in [0.717, 1.165) is 6.42 Å². The van der Waals surface area contributed by atoms with Crippen LogP contribution in [0.3, 0.4) is 0 Å². The summed E-state index contributed by atoms with van der Waals surface area (Å²) in [5, 5.41) is 12.7. The maximum atomic E-state index is 12.5. The summed E-state index contributed by atoms with van der Waals surface area (Å²) in [6.45, 7) is 4.93. The second-order valence-electron chi connectivity index (χ2n) is 5.73. The zero-order chi connectivity index (χ0) is 20.5. The number of halogens is 2. The highest BCUT2D eigenvalue weighted by Crippen LogP contribution is 2.35. The highest BCUT2D eigenvalue weighted by molar-refractivity contribution is 9.10. The van der Waals surface area contributed by atoms with Gasteiger partial charge in [-0.15, -0.1) is 0 Å². The van der Waals surface area contributed by atoms with Gasteiger partial charge in [0.15, 0.2) is 11.5 Å². The second-order valence-corrected chi connectivity index (χ2v) is 7.02. The molecule has 0 aliphatic heterocycles. The van der Waals surface area contributed by atoms with Gasteiger partial charge in [-0.05, 0) is 61.4 Å². The van der Waals surface area contributed by atoms with Crippen LogP contribution in [0.5, 0.6) is 11.5 Å². The average Bonchev–Trinajstić information content (AvgIpc) is 2.68. The molecule has 2 aromatic rings. The minimum atomic E-state index is -0.513. The number of amides is 1. The number of nitriles is 1. The predicted molar refractivity (Wildman–Crippen MR) is 115 cm³/mol. The fraction of sp³-hybridized carbons (Fsp3) is 0.238. The average molecular weight is 464 g/mol. The molecule has 0 aromatic heterocycles. The fourth-order valence-electron chi connectivity index (χ4n) is 2.29. The lowest BCUT2D eigenvalue weighted by atomic mass is 10.1. The van der Waals surface area contributed by atoms with E-state index in [4.69, 9.17) is 21.1 Å². The van der Waals surface area contributed by atoms with Gasteiger partial charge in [0.1, 0.15) is 11.6 Å². The van der Waals surface area contributed by atoms with Crippen LogP contribution in [0.25, 0.3) is 6.08 Å². The standard InChI is InChI=1S/C21H20BrClN2O3/c1-3-9-28-20-12-18(22)14(11-19(20)27-4-2)10-15(13-24)21(26)25-17-7-5-16(23)6-8-17/h5-8,10-12H,3-4,9H2,1-2H3,(H,25,26). The number of ether oxygens (including phenoxy) is 2. The maximum absolute atomic E-state index is 12.5. The molecular weight excluding hydrogens is 444 g/mol. The lowest BCUT2D eigenvalue weighted by Gasteiger charge is -2.13. The third-order valence-electron chi connectivity index (χ3n) is 3.59. The zero-order valence-electron chi connectivity index (χ0n) is 15.6. The molecule has 0 aliphatic carbocycles. The van der Waals surface area contributed by atoms with Crippen molar-refractivity contribution in [3.63, 3.8) is 0 Å². The lowest BCUT2D eigenvalue weighted by Crippen LogP contribution is -2.13. The molecular formula is C21H20BrClN2O3. The van der Waals surface area contributed by atoms with E-state index in [-0.39, 0.29) is 5.57 Å². The predicted octanol–water partition coefficient (Wildman–Crippen LogP) is 5.84. The molecule has 7 heteroatoms. The van der Waals surface area contributed by atoms with E-state index in [0.29, 0.717) is 45.5 Å². The Morgan fingerprint density at radius 3 is 2.50 bits per heavy atom. The molecule has 0 spiro atoms. The largest absolute Gasteiger partial charge is 0.490 e. The molecule has 2 aromatic carbocycles. The van der Waals surface area contributed by atoms with Crippen molar-refractivity contribution in [1.29, 1.82) is 5.26 Å². The van der Waals surface area contributed by atoms with Gasteiger partial charge in [0.05, 0.1) is 13.2 Å². The Morgan fingerprint density at radius 2 is 1.89 bits per heavy atom. The quantitative estimate of drug-likeness (QED) is 0.394. The smallest absolute Gasteiger partial charge is 0.266 e. The van der Waals surface area contributed by atoms with Crippen molar-refractivity contribution in [2.45, 2.75) is 20.3 Å². The van der Waals surface area contributed by atoms with E-state index in [9.17, 15) is 10.1 Å². The van der Waals surface area contributed by atoms with Crippen molar-refractivity contribution in [2.24, 2.45) is 0 Å². The van der Waals surface area contributed by atoms with E-state index in [1.165, 1.54) is 6.08 Å². The Hall–Kier alpha value is -2.49. The summed E-state index contributed by atoms with van der Waals surface area (Å²) in [6, 6.07) is 12.1. The van der Waals surface area contributed by atoms with Gasteiger partial charge in [-0.1, -0.05) is 34.5 Å². The van der Waals surface area contributed by atoms with E-state index in [1.807, 2.05) is 19.9 Å². The van der Waals surface area contributed by atoms with Crippen LogP contribution in [0.1, 0.15) is 25.8 Å². The van der Waals surface area contributed by atoms with Crippen LogP contribution >= 0.6 is 27.5 Å². The molecule has 0 saturated heterocycles. The first kappa shape index (κ1) is 21.8. The Bertz CT molecular complexity index is 905. The molecule has 1 N–H and O–H groups in total. The molecule has 0 atom stereocenters. The molecule has 5 nitrogen and oxygen atoms in total. The van der Waals surface area contributed by atoms with Crippen LogP contribution in [0.2, 0.25) is 5.02 Å². The van der Waals surface area contributed by atoms with Gasteiger partial charge >= 0.3 is 0 Å². The summed E-state index contributed by atoms with van der Waals surface area (Å²) < 4.78 is 12.0. The first-order valence-electron chi connectivity index (χ1n) is 8.76. The minimum absolute atomic E-state index is 0.0414. The number of nitrogens with zero attached hydrogens (tertiary/aromatic N) is 1. The van der Waals surface area contributed by atoms with Crippen LogP contribution < -0.4 is 14.8 Å². The molecule has 0 unspecified atom stereocenters. The molecule has 28 heavy (non-hydrogen) atoms. The molecule has 0 bridgehead atoms. The van der Waals surface area contributed by atoms with Crippen molar-refractivity contribution in [2.75, 3.05) is 18.5 Å². The summed E-state index contributed by atoms with van der Waals surface area (Å²) >= 11 is 9.31. The zero-order valence-corrected chi connectivity index (χ0v) is 17.9. The van der Waals surface area contributed by atoms with Crippen LogP contribution in [0, 0.1) is 11.3 Å². The van der Waals surface area contributed by atoms with Gasteiger partial charge in [-0.3, -0.25) is 4.79 Å². The van der Waals surface area contributed by atoms with Gasteiger partial charge in [0, 0.05) is 15.2 Å². The minimum Gasteiger partial charge on any atom is -0.490 e. The lowest BCUT2D eigenvalue weighted by molar-refractivity contribution is -0.112. The van der Waals surface area contributed by atoms with E-state index in [1.54, 1.807) is 36.4 Å². The third kappa shape index (κ3) is 6.01. The first-order chi connectivity index (χ1) is 13.5. The van der Waals surface area contributed by atoms with Crippen LogP contribution in [-0.4, -0.2) is 19.1 Å². The van der Waals surface area contributed by atoms with Gasteiger partial charge in [0.25, 0.3) is 5.91 Å². The van der Waals surface area contributed by atoms with Gasteiger partial charge in [0.2, 0.25) is 0 Å². The number of carbonyl (C=O) groups is 1. The first-order valence-corrected chi connectivity index (χ1v) is 9.93. The summed E-state index contributed by atoms with van der Waals surface area (Å²) in [7, 11) is 0. The Labute approximate surface area is 178 Å². The number of hydrogen-bond acceptors (Lipinski definition) is 4. The highest BCUT2D eigenvalue weighted by atomic mass is 79.9. The maximum Gasteiger partial charge on any atom is 0.266 e. The number of rotatable bonds is 8. The molecule has 146 valence electrons. The summed E-state index contributed by atoms with van der Waals surface area (Å²) in [4.78, 5) is 12.5. The fourth-order valence-corrected chi connectivity index (χ4v) is 2.85. The topological polar surface area (TPSA) is 71.3 Å². The monoisotopic (exact) mass is 462 g/mol. The van der Waals surface area contributed by atoms with Gasteiger partial charge < -0.3 is 14.8 Å². The normalized spacial score (nSPS) is 10.9. The second kappa shape index (κ2) is 10.7. The van der Waals surface area contributed by atoms with Crippen molar-refractivity contribution in [1.82, 2.24) is 0 Å². The van der Waals surface area contributed by atoms with E-state index < -0.39 is 5.91 Å². The molecule has 1 amide bonds. The van der Waals surface area contributed by atoms with Gasteiger partial charge in [-0.25, -0.2) is 0 Å². The summed E-state index contributed by atoms with van der Waals surface area (Å²) in [6.07, 6.45) is 2.37. The third-order valence-corrected chi connectivity index (χ3v) is 4.53. The molecule has 0 saturated carbocycles. The number of nitrogens with one attached hydrogen (secondary N) is 1. The molecule has 0 heterocycles. The Balaban J connectivity index is 2.31. The van der Waals surface area contributed by atoms with Crippen molar-refractivity contribution >= 4 is 45.2 Å². The van der Waals surface area contributed by atoms with Crippen LogP contribution in [0.4, 0.5) is 5.69 Å². The van der Waals surface area contributed by atoms with Crippen molar-refractivity contribution < 1.29 is 14.3 Å². The Morgan fingerprint density at radius 1 is 1.21 bits per heavy atom. The Kier molecular flexibility index (Phi) is 8.37. The van der Waals surface area contributed by atoms with Crippen molar-refractivity contribution in [3.8, 4) is 17.6 Å². The number of benzene rings is 2. The summed E-state index contributed by atoms with van der Waals surface area (Å²) in [5.41, 5.74) is 1.14. The van der Waals surface area contributed by atoms with E-state index >= 15 is 0 Å². The molecule has 0 radical (unpaired) electrons. The molecule has 0 aliphatic rings. The number of anilines is 1. The van der Waals surface area contributed by atoms with Crippen molar-refractivity contribution in [3.05, 3.63) is 57.0 Å². The molecule has 0 fully saturated rings. The highest BCUT2D eigenvalue weighted by Gasteiger charge is 2.14. The summed E-state index contributed by atoms with van der Waals surface area (Å²) in [5.74, 6) is 0.652. The number of hydrogen-bond donors (Lipinski definition) is 1. The van der Waals surface area contributed by atoms with Crippen LogP contribution in [-0.2, 0) is 4.79 Å². The molecule has 2 rings (SSSR count). The van der Waals surface area contributed by atoms with E-state index in [2.05, 4.69) is 21.2 Å². The van der Waals surface area contributed by atoms with Crippen LogP contribution in [0.15, 0.2) is 46.4 Å². The SMILES string of the molecule is CCCOc1cc(Br)c(C=C(C#N)C(=O)Nc2ccc(Cl)cc2)cc1OCC. The number of carbonyl (C=O) groups excluding carboxylic acids is 1.